The molecule has 32 heavy (non-hydrogen) atoms. The van der Waals surface area contributed by atoms with E-state index in [0.717, 1.165) is 23.1 Å². The van der Waals surface area contributed by atoms with Gasteiger partial charge in [0, 0.05) is 6.54 Å². The Morgan fingerprint density at radius 1 is 0.938 bits per heavy atom. The van der Waals surface area contributed by atoms with E-state index in [2.05, 4.69) is 16.9 Å². The summed E-state index contributed by atoms with van der Waals surface area (Å²) in [6.45, 7) is 0.519. The summed E-state index contributed by atoms with van der Waals surface area (Å²) in [5.74, 6) is -0.423. The van der Waals surface area contributed by atoms with Crippen LogP contribution < -0.4 is 4.72 Å². The second kappa shape index (κ2) is 9.83. The standard InChI is InChI=1S/C24H26N2O5S/c27-23-16-26(32(29,30)25-23)15-19-10-12-20(13-11-19)24(28)31-17-22-9-5-4-8-21(22)14-18-6-2-1-3-7-18/h1-13,23,25,27,29-30H,14-17H2. The average molecular weight is 455 g/mol. The molecule has 0 amide bonds. The van der Waals surface area contributed by atoms with Crippen LogP contribution in [0.2, 0.25) is 0 Å². The first kappa shape index (κ1) is 22.5. The van der Waals surface area contributed by atoms with Gasteiger partial charge in [0.15, 0.2) is 0 Å². The number of benzene rings is 3. The van der Waals surface area contributed by atoms with Crippen molar-refractivity contribution in [3.05, 3.63) is 107 Å². The van der Waals surface area contributed by atoms with Crippen LogP contribution in [-0.2, 0) is 24.3 Å². The van der Waals surface area contributed by atoms with Gasteiger partial charge < -0.3 is 9.84 Å². The SMILES string of the molecule is O=C(OCc1ccccc1Cc1ccccc1)c1ccc(CN2CC(O)NS2(O)O)cc1. The first-order chi connectivity index (χ1) is 15.4. The molecule has 4 N–H and O–H groups in total. The molecule has 1 heterocycles. The van der Waals surface area contributed by atoms with Crippen molar-refractivity contribution in [2.45, 2.75) is 25.8 Å². The van der Waals surface area contributed by atoms with E-state index >= 15 is 0 Å². The van der Waals surface area contributed by atoms with Crippen molar-refractivity contribution in [2.75, 3.05) is 6.54 Å². The average Bonchev–Trinajstić information content (AvgIpc) is 3.05. The summed E-state index contributed by atoms with van der Waals surface area (Å²) >= 11 is 0. The Kier molecular flexibility index (Phi) is 6.90. The Balaban J connectivity index is 1.36. The molecule has 0 aromatic heterocycles. The molecule has 4 rings (SSSR count). The zero-order chi connectivity index (χ0) is 22.6. The van der Waals surface area contributed by atoms with Gasteiger partial charge in [-0.1, -0.05) is 77.7 Å². The Labute approximate surface area is 188 Å². The highest BCUT2D eigenvalue weighted by Gasteiger charge is 2.34. The molecular formula is C24H26N2O5S. The molecule has 3 aromatic rings. The normalized spacial score (nSPS) is 18.9. The van der Waals surface area contributed by atoms with Gasteiger partial charge in [-0.2, -0.15) is 9.03 Å². The number of carbonyl (C=O) groups is 1. The van der Waals surface area contributed by atoms with Crippen molar-refractivity contribution < 1.29 is 23.7 Å². The smallest absolute Gasteiger partial charge is 0.338 e. The van der Waals surface area contributed by atoms with E-state index in [4.69, 9.17) is 4.74 Å². The van der Waals surface area contributed by atoms with Gasteiger partial charge in [0.1, 0.15) is 12.8 Å². The topological polar surface area (TPSA) is 102 Å². The van der Waals surface area contributed by atoms with E-state index in [9.17, 15) is 19.0 Å². The lowest BCUT2D eigenvalue weighted by molar-refractivity contribution is 0.0472. The number of aliphatic hydroxyl groups is 1. The van der Waals surface area contributed by atoms with Crippen LogP contribution in [0.4, 0.5) is 0 Å². The minimum Gasteiger partial charge on any atom is -0.457 e. The zero-order valence-corrected chi connectivity index (χ0v) is 18.2. The molecule has 1 atom stereocenters. The molecule has 0 saturated carbocycles. The number of nitrogens with one attached hydrogen (secondary N) is 1. The van der Waals surface area contributed by atoms with Crippen molar-refractivity contribution in [1.82, 2.24) is 9.03 Å². The minimum atomic E-state index is -3.19. The lowest BCUT2D eigenvalue weighted by Crippen LogP contribution is -2.25. The fourth-order valence-corrected chi connectivity index (χ4v) is 4.88. The lowest BCUT2D eigenvalue weighted by Gasteiger charge is -2.35. The van der Waals surface area contributed by atoms with Crippen molar-refractivity contribution in [1.29, 1.82) is 0 Å². The number of carbonyl (C=O) groups excluding carboxylic acids is 1. The van der Waals surface area contributed by atoms with Crippen molar-refractivity contribution >= 4 is 16.9 Å². The second-order valence-corrected chi connectivity index (χ2v) is 9.47. The van der Waals surface area contributed by atoms with Crippen LogP contribution in [0.5, 0.6) is 0 Å². The molecule has 0 bridgehead atoms. The maximum Gasteiger partial charge on any atom is 0.338 e. The molecule has 1 aliphatic heterocycles. The van der Waals surface area contributed by atoms with Crippen LogP contribution in [-0.4, -0.2) is 37.3 Å². The second-order valence-electron chi connectivity index (χ2n) is 7.68. The largest absolute Gasteiger partial charge is 0.457 e. The van der Waals surface area contributed by atoms with Crippen LogP contribution in [0.15, 0.2) is 78.9 Å². The van der Waals surface area contributed by atoms with E-state index in [1.807, 2.05) is 42.5 Å². The van der Waals surface area contributed by atoms with Crippen molar-refractivity contribution in [3.63, 3.8) is 0 Å². The van der Waals surface area contributed by atoms with Crippen LogP contribution >= 0.6 is 11.0 Å². The molecule has 8 heteroatoms. The van der Waals surface area contributed by atoms with Crippen molar-refractivity contribution in [3.8, 4) is 0 Å². The Morgan fingerprint density at radius 2 is 1.59 bits per heavy atom. The van der Waals surface area contributed by atoms with E-state index in [0.29, 0.717) is 5.56 Å². The third-order valence-corrected chi connectivity index (χ3v) is 6.88. The number of β-amino-alcohol motifs (C(OH)–C–C–N with tert-alkyl or cyclic N) is 1. The monoisotopic (exact) mass is 454 g/mol. The quantitative estimate of drug-likeness (QED) is 0.401. The fourth-order valence-electron chi connectivity index (χ4n) is 3.61. The molecule has 168 valence electrons. The number of rotatable bonds is 7. The molecule has 0 spiro atoms. The van der Waals surface area contributed by atoms with E-state index in [1.165, 1.54) is 9.87 Å². The van der Waals surface area contributed by atoms with Crippen molar-refractivity contribution in [2.24, 2.45) is 0 Å². The molecule has 3 aromatic carbocycles. The third-order valence-electron chi connectivity index (χ3n) is 5.29. The minimum absolute atomic E-state index is 0.106. The molecule has 7 nitrogen and oxygen atoms in total. The predicted octanol–water partition coefficient (Wildman–Crippen LogP) is 3.94. The summed E-state index contributed by atoms with van der Waals surface area (Å²) < 4.78 is 29.1. The number of nitrogens with zero attached hydrogens (tertiary/aromatic N) is 1. The molecule has 0 aliphatic carbocycles. The van der Waals surface area contributed by atoms with Gasteiger partial charge in [0.2, 0.25) is 0 Å². The Hall–Kier alpha value is -2.72. The predicted molar refractivity (Wildman–Crippen MR) is 124 cm³/mol. The van der Waals surface area contributed by atoms with E-state index in [-0.39, 0.29) is 19.7 Å². The van der Waals surface area contributed by atoms with E-state index in [1.54, 1.807) is 24.3 Å². The van der Waals surface area contributed by atoms with Gasteiger partial charge >= 0.3 is 5.97 Å². The van der Waals surface area contributed by atoms with Crippen LogP contribution in [0, 0.1) is 0 Å². The molecule has 1 fully saturated rings. The number of aliphatic hydroxyl groups excluding tert-OH is 1. The summed E-state index contributed by atoms with van der Waals surface area (Å²) in [7, 11) is -3.19. The maximum absolute atomic E-state index is 12.5. The van der Waals surface area contributed by atoms with Gasteiger partial charge in [0.25, 0.3) is 0 Å². The lowest BCUT2D eigenvalue weighted by atomic mass is 10.0. The van der Waals surface area contributed by atoms with Gasteiger partial charge in [0.05, 0.1) is 12.1 Å². The number of hydrogen-bond acceptors (Lipinski definition) is 7. The van der Waals surface area contributed by atoms with Gasteiger partial charge in [-0.15, -0.1) is 0 Å². The highest BCUT2D eigenvalue weighted by Crippen LogP contribution is 2.44. The summed E-state index contributed by atoms with van der Waals surface area (Å²) in [6.07, 6.45) is -0.221. The first-order valence-electron chi connectivity index (χ1n) is 10.3. The van der Waals surface area contributed by atoms with Crippen LogP contribution in [0.3, 0.4) is 0 Å². The summed E-state index contributed by atoms with van der Waals surface area (Å²) in [6, 6.07) is 24.8. The summed E-state index contributed by atoms with van der Waals surface area (Å²) in [4.78, 5) is 12.5. The summed E-state index contributed by atoms with van der Waals surface area (Å²) in [5, 5.41) is 9.57. The highest BCUT2D eigenvalue weighted by molar-refractivity contribution is 8.20. The molecule has 1 aliphatic rings. The number of ether oxygens (including phenoxy) is 1. The molecule has 0 radical (unpaired) electrons. The number of esters is 1. The Bertz CT molecular complexity index is 1060. The van der Waals surface area contributed by atoms with Crippen LogP contribution in [0.1, 0.15) is 32.6 Å². The molecule has 1 saturated heterocycles. The van der Waals surface area contributed by atoms with E-state index < -0.39 is 23.2 Å². The highest BCUT2D eigenvalue weighted by atomic mass is 32.3. The van der Waals surface area contributed by atoms with Gasteiger partial charge in [-0.25, -0.2) is 4.79 Å². The Morgan fingerprint density at radius 3 is 2.25 bits per heavy atom. The maximum atomic E-state index is 12.5. The zero-order valence-electron chi connectivity index (χ0n) is 17.4. The number of hydrogen-bond donors (Lipinski definition) is 4. The molecular weight excluding hydrogens is 428 g/mol. The van der Waals surface area contributed by atoms with Crippen LogP contribution in [0.25, 0.3) is 0 Å². The fraction of sp³-hybridized carbons (Fsp3) is 0.208. The van der Waals surface area contributed by atoms with Gasteiger partial charge in [-0.3, -0.25) is 9.11 Å². The third kappa shape index (κ3) is 5.55. The van der Waals surface area contributed by atoms with Gasteiger partial charge in [-0.05, 0) is 40.8 Å². The molecule has 1 unspecified atom stereocenters. The first-order valence-corrected chi connectivity index (χ1v) is 11.8. The summed E-state index contributed by atoms with van der Waals surface area (Å²) in [5.41, 5.74) is 4.47.